The molecule has 5 rings (SSSR count). The zero-order valence-corrected chi connectivity index (χ0v) is 23.5. The van der Waals surface area contributed by atoms with E-state index in [2.05, 4.69) is 4.90 Å². The van der Waals surface area contributed by atoms with Crippen molar-refractivity contribution in [1.29, 1.82) is 0 Å². The fraction of sp³-hybridized carbons (Fsp3) is 0.500. The molecule has 1 aromatic carbocycles. The lowest BCUT2D eigenvalue weighted by Gasteiger charge is -2.52. The summed E-state index contributed by atoms with van der Waals surface area (Å²) in [5, 5.41) is 23.2. The van der Waals surface area contributed by atoms with Crippen LogP contribution in [0.25, 0.3) is 11.1 Å². The largest absolute Gasteiger partial charge is 0.507 e. The maximum Gasteiger partial charge on any atom is 0.235 e. The lowest BCUT2D eigenvalue weighted by molar-refractivity contribution is -0.181. The van der Waals surface area contributed by atoms with Gasteiger partial charge in [0.2, 0.25) is 5.91 Å². The summed E-state index contributed by atoms with van der Waals surface area (Å²) in [5.74, 6) is -10.6. The Bertz CT molecular complexity index is 1440. The normalized spacial score (nSPS) is 29.5. The maximum absolute atomic E-state index is 14.2. The first-order valence-corrected chi connectivity index (χ1v) is 13.9. The first-order valence-electron chi connectivity index (χ1n) is 13.9. The molecule has 1 heterocycles. The Balaban J connectivity index is 1.68. The fourth-order valence-electron chi connectivity index (χ4n) is 7.21. The number of hydrogen-bond acceptors (Lipinski definition) is 10. The highest BCUT2D eigenvalue weighted by atomic mass is 16.3. The molecule has 3 aliphatic carbocycles. The molecule has 0 spiro atoms. The van der Waals surface area contributed by atoms with Crippen LogP contribution >= 0.6 is 0 Å². The zero-order valence-electron chi connectivity index (χ0n) is 23.5. The summed E-state index contributed by atoms with van der Waals surface area (Å²) in [6.07, 6.45) is 3.23. The van der Waals surface area contributed by atoms with Crippen molar-refractivity contribution in [1.82, 2.24) is 9.80 Å². The highest BCUT2D eigenvalue weighted by Crippen LogP contribution is 2.52. The number of phenolic OH excluding ortho intramolecular Hbond substituents is 1. The number of amides is 1. The topological polar surface area (TPSA) is 171 Å². The van der Waals surface area contributed by atoms with E-state index in [1.807, 2.05) is 19.9 Å². The number of hydrogen-bond donors (Lipinski definition) is 3. The monoisotopic (exact) mass is 565 g/mol. The molecule has 11 heteroatoms. The molecular weight excluding hydrogens is 530 g/mol. The molecule has 1 amide bonds. The van der Waals surface area contributed by atoms with Gasteiger partial charge < -0.3 is 20.4 Å². The van der Waals surface area contributed by atoms with E-state index in [0.29, 0.717) is 41.9 Å². The number of rotatable bonds is 7. The van der Waals surface area contributed by atoms with Crippen LogP contribution in [0.15, 0.2) is 29.1 Å². The molecule has 2 aromatic rings. The number of aliphatic hydroxyl groups is 1. The highest BCUT2D eigenvalue weighted by Gasteiger charge is 2.69. The van der Waals surface area contributed by atoms with Gasteiger partial charge in [-0.15, -0.1) is 0 Å². The summed E-state index contributed by atoms with van der Waals surface area (Å²) in [6.45, 7) is 5.72. The van der Waals surface area contributed by atoms with Crippen molar-refractivity contribution in [3.63, 3.8) is 0 Å². The van der Waals surface area contributed by atoms with Gasteiger partial charge in [-0.2, -0.15) is 0 Å². The fourth-order valence-corrected chi connectivity index (χ4v) is 7.21. The van der Waals surface area contributed by atoms with E-state index in [4.69, 9.17) is 10.2 Å². The molecule has 0 saturated heterocycles. The molecule has 4 N–H and O–H groups in total. The number of nitrogens with two attached hydrogens (primary N) is 1. The predicted octanol–water partition coefficient (Wildman–Crippen LogP) is 0.969. The number of carbonyl (C=O) groups is 5. The molecule has 0 aliphatic heterocycles. The minimum Gasteiger partial charge on any atom is -0.507 e. The molecule has 6 unspecified atom stereocenters. The molecular formula is C30H35N3O8. The van der Waals surface area contributed by atoms with E-state index in [1.54, 1.807) is 26.4 Å². The summed E-state index contributed by atoms with van der Waals surface area (Å²) in [6, 6.07) is 2.44. The Labute approximate surface area is 237 Å². The number of primary amides is 1. The predicted molar refractivity (Wildman–Crippen MR) is 146 cm³/mol. The van der Waals surface area contributed by atoms with Crippen molar-refractivity contribution >= 4 is 29.0 Å². The van der Waals surface area contributed by atoms with Crippen molar-refractivity contribution in [2.24, 2.45) is 29.4 Å². The molecule has 2 fully saturated rings. The van der Waals surface area contributed by atoms with E-state index in [1.165, 1.54) is 11.2 Å². The van der Waals surface area contributed by atoms with E-state index in [9.17, 15) is 34.2 Å². The molecule has 0 bridgehead atoms. The number of furan rings is 1. The minimum atomic E-state index is -2.75. The average Bonchev–Trinajstić information content (AvgIpc) is 3.45. The Morgan fingerprint density at radius 1 is 1.15 bits per heavy atom. The standard InChI is InChI=1S/C30H35N3O8/c1-5-33(6-2)12-16-10-17(14-7-8-41-13-14)18-9-15-11-19-23(32(3)4)26(36)22(29(31)39)28(38)30(19,40)27(37)20(15)25(35)21(18)24(16)34/h7-8,10,13,15,19-20,22-23,34,40H,5-6,9,11-12H2,1-4H3,(H2,31,39). The van der Waals surface area contributed by atoms with Gasteiger partial charge in [0.1, 0.15) is 5.75 Å². The van der Waals surface area contributed by atoms with Gasteiger partial charge in [-0.3, -0.25) is 33.8 Å². The van der Waals surface area contributed by atoms with Crippen LogP contribution < -0.4 is 5.73 Å². The van der Waals surface area contributed by atoms with Crippen LogP contribution in [0.3, 0.4) is 0 Å². The van der Waals surface area contributed by atoms with Gasteiger partial charge in [-0.25, -0.2) is 0 Å². The second-order valence-electron chi connectivity index (χ2n) is 11.5. The summed E-state index contributed by atoms with van der Waals surface area (Å²) in [4.78, 5) is 70.7. The quantitative estimate of drug-likeness (QED) is 0.411. The third kappa shape index (κ3) is 4.17. The van der Waals surface area contributed by atoms with Gasteiger partial charge >= 0.3 is 0 Å². The Kier molecular flexibility index (Phi) is 7.25. The molecule has 6 atom stereocenters. The number of aromatic hydroxyl groups is 1. The Hall–Kier alpha value is -3.67. The van der Waals surface area contributed by atoms with Crippen LogP contribution in [-0.4, -0.2) is 87.9 Å². The van der Waals surface area contributed by atoms with Gasteiger partial charge in [0.15, 0.2) is 34.7 Å². The second-order valence-corrected chi connectivity index (χ2v) is 11.5. The van der Waals surface area contributed by atoms with E-state index < -0.39 is 64.4 Å². The molecule has 2 saturated carbocycles. The zero-order chi connectivity index (χ0) is 30.0. The molecule has 3 aliphatic rings. The van der Waals surface area contributed by atoms with Gasteiger partial charge in [0.25, 0.3) is 0 Å². The van der Waals surface area contributed by atoms with Crippen molar-refractivity contribution in [2.45, 2.75) is 44.9 Å². The third-order valence-electron chi connectivity index (χ3n) is 9.26. The lowest BCUT2D eigenvalue weighted by Crippen LogP contribution is -2.74. The SMILES string of the molecule is CCN(CC)Cc1cc(-c2ccoc2)c2c(c1O)C(=O)C1C(=O)C3(O)C(=O)C(C(N)=O)C(=O)C(N(C)C)C3CC1C2. The van der Waals surface area contributed by atoms with Gasteiger partial charge in [-0.1, -0.05) is 13.8 Å². The minimum absolute atomic E-state index is 0.00329. The van der Waals surface area contributed by atoms with Crippen LogP contribution in [-0.2, 0) is 32.1 Å². The summed E-state index contributed by atoms with van der Waals surface area (Å²) in [5.41, 5.74) is 5.04. The summed E-state index contributed by atoms with van der Waals surface area (Å²) in [7, 11) is 3.11. The van der Waals surface area contributed by atoms with Crippen molar-refractivity contribution in [3.8, 4) is 16.9 Å². The van der Waals surface area contributed by atoms with Crippen LogP contribution in [0.2, 0.25) is 0 Å². The number of ketones is 4. The number of likely N-dealkylation sites (N-methyl/N-ethyl adjacent to an activating group) is 1. The number of phenols is 1. The molecule has 1 aromatic heterocycles. The van der Waals surface area contributed by atoms with Gasteiger partial charge in [0.05, 0.1) is 30.0 Å². The number of carbonyl (C=O) groups excluding carboxylic acids is 5. The number of benzene rings is 1. The van der Waals surface area contributed by atoms with Crippen LogP contribution in [0, 0.1) is 23.7 Å². The highest BCUT2D eigenvalue weighted by molar-refractivity contribution is 6.32. The molecule has 41 heavy (non-hydrogen) atoms. The second kappa shape index (κ2) is 10.3. The van der Waals surface area contributed by atoms with Crippen molar-refractivity contribution < 1.29 is 38.6 Å². The molecule has 218 valence electrons. The summed E-state index contributed by atoms with van der Waals surface area (Å²) < 4.78 is 5.32. The Morgan fingerprint density at radius 2 is 1.83 bits per heavy atom. The average molecular weight is 566 g/mol. The van der Waals surface area contributed by atoms with E-state index >= 15 is 0 Å². The number of nitrogens with zero attached hydrogens (tertiary/aromatic N) is 2. The first-order chi connectivity index (χ1) is 19.4. The maximum atomic E-state index is 14.2. The van der Waals surface area contributed by atoms with Crippen LogP contribution in [0.5, 0.6) is 5.75 Å². The number of Topliss-reactive ketones (excluding diaryl/α,β-unsaturated/α-hetero) is 4. The smallest absolute Gasteiger partial charge is 0.235 e. The summed E-state index contributed by atoms with van der Waals surface area (Å²) >= 11 is 0. The molecule has 0 radical (unpaired) electrons. The van der Waals surface area contributed by atoms with Crippen LogP contribution in [0.1, 0.15) is 41.8 Å². The van der Waals surface area contributed by atoms with Crippen molar-refractivity contribution in [2.75, 3.05) is 27.2 Å². The van der Waals surface area contributed by atoms with E-state index in [-0.39, 0.29) is 24.2 Å². The van der Waals surface area contributed by atoms with Gasteiger partial charge in [-0.05, 0) is 69.2 Å². The Morgan fingerprint density at radius 3 is 2.39 bits per heavy atom. The van der Waals surface area contributed by atoms with E-state index in [0.717, 1.165) is 0 Å². The third-order valence-corrected chi connectivity index (χ3v) is 9.26. The van der Waals surface area contributed by atoms with Crippen molar-refractivity contribution in [3.05, 3.63) is 41.3 Å². The first kappa shape index (κ1) is 28.8. The molecule has 11 nitrogen and oxygen atoms in total. The number of fused-ring (bicyclic) bond motifs is 3. The van der Waals surface area contributed by atoms with Crippen LogP contribution in [0.4, 0.5) is 0 Å². The lowest BCUT2D eigenvalue weighted by atomic mass is 9.52. The van der Waals surface area contributed by atoms with Gasteiger partial charge in [0, 0.05) is 23.6 Å².